The van der Waals surface area contributed by atoms with Gasteiger partial charge in [-0.05, 0) is 25.5 Å². The first kappa shape index (κ1) is 17.8. The van der Waals surface area contributed by atoms with Crippen molar-refractivity contribution in [2.75, 3.05) is 24.6 Å². The number of hydrogen-bond acceptors (Lipinski definition) is 7. The molecule has 2 aliphatic heterocycles. The van der Waals surface area contributed by atoms with Crippen LogP contribution in [-0.2, 0) is 0 Å². The molecule has 150 valence electrons. The summed E-state index contributed by atoms with van der Waals surface area (Å²) in [4.78, 5) is 23.3. The number of aryl methyl sites for hydroxylation is 1. The molecule has 1 fully saturated rings. The van der Waals surface area contributed by atoms with Crippen LogP contribution in [-0.4, -0.2) is 56.4 Å². The average Bonchev–Trinajstić information content (AvgIpc) is 3.23. The third-order valence-corrected chi connectivity index (χ3v) is 5.28. The number of amides is 1. The number of aromatic nitrogens is 4. The zero-order chi connectivity index (χ0) is 20.1. The van der Waals surface area contributed by atoms with Crippen molar-refractivity contribution in [2.45, 2.75) is 25.5 Å². The molecule has 0 saturated carbocycles. The van der Waals surface area contributed by atoms with Crippen LogP contribution < -0.4 is 15.0 Å². The first-order valence-electron chi connectivity index (χ1n) is 9.38. The number of aliphatic hydroxyl groups excluding tert-OH is 1. The van der Waals surface area contributed by atoms with Crippen molar-refractivity contribution in [3.05, 3.63) is 47.2 Å². The zero-order valence-electron chi connectivity index (χ0n) is 15.7. The van der Waals surface area contributed by atoms with Gasteiger partial charge in [-0.25, -0.2) is 18.9 Å². The maximum atomic E-state index is 14.0. The average molecular weight is 398 g/mol. The Morgan fingerprint density at radius 1 is 1.41 bits per heavy atom. The highest BCUT2D eigenvalue weighted by atomic mass is 19.1. The SMILES string of the molecule is Cc1nn2ccc3nc2c1C(=O)NCCOc1ncc(F)cc1[C@H]1C[C@@H](O)CN31. The fraction of sp³-hybridized carbons (Fsp3) is 0.368. The lowest BCUT2D eigenvalue weighted by atomic mass is 10.1. The number of hydrogen-bond donors (Lipinski definition) is 2. The van der Waals surface area contributed by atoms with E-state index in [-0.39, 0.29) is 31.0 Å². The van der Waals surface area contributed by atoms with Crippen LogP contribution in [0.3, 0.4) is 0 Å². The van der Waals surface area contributed by atoms with E-state index in [4.69, 9.17) is 4.74 Å². The predicted octanol–water partition coefficient (Wildman–Crippen LogP) is 1.01. The number of ether oxygens (including phenoxy) is 1. The first-order chi connectivity index (χ1) is 14.0. The highest BCUT2D eigenvalue weighted by molar-refractivity contribution is 6.01. The van der Waals surface area contributed by atoms with Crippen LogP contribution in [0.15, 0.2) is 24.5 Å². The molecule has 1 saturated heterocycles. The lowest BCUT2D eigenvalue weighted by Crippen LogP contribution is -2.28. The molecule has 3 aromatic rings. The van der Waals surface area contributed by atoms with E-state index in [1.807, 2.05) is 4.90 Å². The van der Waals surface area contributed by atoms with Gasteiger partial charge in [0.15, 0.2) is 5.65 Å². The van der Waals surface area contributed by atoms with Crippen LogP contribution >= 0.6 is 0 Å². The number of carbonyl (C=O) groups excluding carboxylic acids is 1. The highest BCUT2D eigenvalue weighted by Crippen LogP contribution is 2.39. The van der Waals surface area contributed by atoms with Crippen molar-refractivity contribution < 1.29 is 19.0 Å². The van der Waals surface area contributed by atoms with Gasteiger partial charge in [-0.15, -0.1) is 0 Å². The number of rotatable bonds is 0. The van der Waals surface area contributed by atoms with Crippen LogP contribution in [0.4, 0.5) is 10.2 Å². The number of anilines is 1. The van der Waals surface area contributed by atoms with Gasteiger partial charge in [0.2, 0.25) is 5.88 Å². The molecule has 10 heteroatoms. The molecule has 0 unspecified atom stereocenters. The molecular weight excluding hydrogens is 379 g/mol. The molecule has 0 aromatic carbocycles. The van der Waals surface area contributed by atoms with E-state index in [0.717, 1.165) is 6.20 Å². The maximum Gasteiger partial charge on any atom is 0.257 e. The fourth-order valence-electron chi connectivity index (χ4n) is 4.02. The summed E-state index contributed by atoms with van der Waals surface area (Å²) < 4.78 is 21.3. The van der Waals surface area contributed by atoms with Crippen LogP contribution in [0.2, 0.25) is 0 Å². The predicted molar refractivity (Wildman–Crippen MR) is 100 cm³/mol. The van der Waals surface area contributed by atoms with Gasteiger partial charge in [0.05, 0.1) is 30.6 Å². The molecule has 2 aliphatic rings. The molecule has 5 rings (SSSR count). The van der Waals surface area contributed by atoms with E-state index in [2.05, 4.69) is 20.4 Å². The van der Waals surface area contributed by atoms with Gasteiger partial charge in [-0.1, -0.05) is 0 Å². The van der Waals surface area contributed by atoms with Gasteiger partial charge in [0.25, 0.3) is 5.91 Å². The largest absolute Gasteiger partial charge is 0.476 e. The summed E-state index contributed by atoms with van der Waals surface area (Å²) >= 11 is 0. The van der Waals surface area contributed by atoms with Gasteiger partial charge < -0.3 is 20.1 Å². The summed E-state index contributed by atoms with van der Waals surface area (Å²) in [5.41, 5.74) is 1.92. The number of fused-ring (bicyclic) bond motifs is 5. The topological polar surface area (TPSA) is 105 Å². The van der Waals surface area contributed by atoms with E-state index in [1.54, 1.807) is 23.7 Å². The molecule has 2 bridgehead atoms. The second-order valence-corrected chi connectivity index (χ2v) is 7.22. The molecule has 0 aliphatic carbocycles. The van der Waals surface area contributed by atoms with Gasteiger partial charge in [0, 0.05) is 18.3 Å². The molecule has 29 heavy (non-hydrogen) atoms. The second kappa shape index (κ2) is 6.66. The number of nitrogens with zero attached hydrogens (tertiary/aromatic N) is 5. The quantitative estimate of drug-likeness (QED) is 0.582. The summed E-state index contributed by atoms with van der Waals surface area (Å²) in [6, 6.07) is 2.78. The van der Waals surface area contributed by atoms with Crippen LogP contribution in [0, 0.1) is 12.7 Å². The van der Waals surface area contributed by atoms with Gasteiger partial charge in [0.1, 0.15) is 23.8 Å². The van der Waals surface area contributed by atoms with Gasteiger partial charge >= 0.3 is 0 Å². The molecule has 9 nitrogen and oxygen atoms in total. The smallest absolute Gasteiger partial charge is 0.257 e. The highest BCUT2D eigenvalue weighted by Gasteiger charge is 2.36. The van der Waals surface area contributed by atoms with Crippen LogP contribution in [0.25, 0.3) is 5.65 Å². The van der Waals surface area contributed by atoms with E-state index >= 15 is 0 Å². The maximum absolute atomic E-state index is 14.0. The molecule has 2 N–H and O–H groups in total. The summed E-state index contributed by atoms with van der Waals surface area (Å²) in [6.07, 6.45) is 2.59. The van der Waals surface area contributed by atoms with E-state index < -0.39 is 11.9 Å². The second-order valence-electron chi connectivity index (χ2n) is 7.22. The van der Waals surface area contributed by atoms with Crippen molar-refractivity contribution in [2.24, 2.45) is 0 Å². The van der Waals surface area contributed by atoms with Crippen molar-refractivity contribution in [1.82, 2.24) is 24.9 Å². The lowest BCUT2D eigenvalue weighted by Gasteiger charge is -2.26. The Kier molecular flexibility index (Phi) is 4.09. The van der Waals surface area contributed by atoms with E-state index in [9.17, 15) is 14.3 Å². The molecule has 3 aromatic heterocycles. The Labute approximate surface area is 165 Å². The number of nitrogens with one attached hydrogen (secondary N) is 1. The third kappa shape index (κ3) is 2.96. The van der Waals surface area contributed by atoms with Crippen LogP contribution in [0.1, 0.15) is 34.1 Å². The molecule has 2 atom stereocenters. The van der Waals surface area contributed by atoms with Crippen molar-refractivity contribution in [3.63, 3.8) is 0 Å². The van der Waals surface area contributed by atoms with E-state index in [1.165, 1.54) is 6.07 Å². The molecular formula is C19H19FN6O3. The normalized spacial score (nSPS) is 21.6. The summed E-state index contributed by atoms with van der Waals surface area (Å²) in [5, 5.41) is 17.5. The summed E-state index contributed by atoms with van der Waals surface area (Å²) in [5.74, 6) is 0.0606. The first-order valence-corrected chi connectivity index (χ1v) is 9.38. The fourth-order valence-corrected chi connectivity index (χ4v) is 4.02. The lowest BCUT2D eigenvalue weighted by molar-refractivity contribution is 0.0947. The number of pyridine rings is 1. The Balaban J connectivity index is 1.70. The van der Waals surface area contributed by atoms with Crippen molar-refractivity contribution >= 4 is 17.4 Å². The molecule has 5 heterocycles. The standard InChI is InChI=1S/C19H19FN6O3/c1-10-16-17-23-15(2-4-26(17)24-10)25-9-12(27)7-14(25)13-6-11(20)8-22-19(13)29-5-3-21-18(16)28/h2,4,6,8,12,14,27H,3,5,7,9H2,1H3,(H,21,28)/t12-,14-/m1/s1. The number of halogens is 1. The Morgan fingerprint density at radius 2 is 2.28 bits per heavy atom. The monoisotopic (exact) mass is 398 g/mol. The Morgan fingerprint density at radius 3 is 3.14 bits per heavy atom. The zero-order valence-corrected chi connectivity index (χ0v) is 15.7. The minimum atomic E-state index is -0.614. The van der Waals surface area contributed by atoms with Gasteiger partial charge in [-0.2, -0.15) is 5.10 Å². The van der Waals surface area contributed by atoms with E-state index in [0.29, 0.717) is 41.3 Å². The summed E-state index contributed by atoms with van der Waals surface area (Å²) in [7, 11) is 0. The minimum Gasteiger partial charge on any atom is -0.476 e. The molecule has 1 amide bonds. The summed E-state index contributed by atoms with van der Waals surface area (Å²) in [6.45, 7) is 2.48. The number of aliphatic hydroxyl groups is 1. The molecule has 0 spiro atoms. The number of carbonyl (C=O) groups is 1. The third-order valence-electron chi connectivity index (χ3n) is 5.28. The Hall–Kier alpha value is -3.27. The van der Waals surface area contributed by atoms with Gasteiger partial charge in [-0.3, -0.25) is 4.79 Å². The Bertz CT molecular complexity index is 1120. The minimum absolute atomic E-state index is 0.168. The van der Waals surface area contributed by atoms with Crippen LogP contribution in [0.5, 0.6) is 5.88 Å². The van der Waals surface area contributed by atoms with Crippen molar-refractivity contribution in [1.29, 1.82) is 0 Å². The van der Waals surface area contributed by atoms with Crippen molar-refractivity contribution in [3.8, 4) is 5.88 Å². The molecule has 0 radical (unpaired) electrons.